The molecule has 2 N–H and O–H groups in total. The summed E-state index contributed by atoms with van der Waals surface area (Å²) in [5.74, 6) is 0.827. The fraction of sp³-hybridized carbons (Fsp3) is 0.556. The Morgan fingerprint density at radius 3 is 2.48 bits per heavy atom. The van der Waals surface area contributed by atoms with Crippen LogP contribution in [0, 0.1) is 0 Å². The molecule has 0 radical (unpaired) electrons. The molecule has 0 aromatic heterocycles. The van der Waals surface area contributed by atoms with Crippen molar-refractivity contribution in [3.63, 3.8) is 0 Å². The lowest BCUT2D eigenvalue weighted by atomic mass is 10.1. The Balaban J connectivity index is 0.00000364. The summed E-state index contributed by atoms with van der Waals surface area (Å²) >= 11 is 0. The summed E-state index contributed by atoms with van der Waals surface area (Å²) < 4.78 is 37.7. The molecule has 152 valence electrons. The highest BCUT2D eigenvalue weighted by atomic mass is 127. The molecule has 5 nitrogen and oxygen atoms in total. The smallest absolute Gasteiger partial charge is 0.357 e. The van der Waals surface area contributed by atoms with E-state index < -0.39 is 11.7 Å². The van der Waals surface area contributed by atoms with Crippen molar-refractivity contribution in [2.24, 2.45) is 4.99 Å². The van der Waals surface area contributed by atoms with Crippen LogP contribution in [-0.2, 0) is 17.5 Å². The molecule has 2 rings (SSSR count). The number of hydrogen-bond donors (Lipinski definition) is 2. The zero-order valence-electron chi connectivity index (χ0n) is 15.3. The molecule has 1 saturated heterocycles. The van der Waals surface area contributed by atoms with Crippen molar-refractivity contribution in [2.75, 3.05) is 26.2 Å². The summed E-state index contributed by atoms with van der Waals surface area (Å²) in [6.45, 7) is 5.15. The van der Waals surface area contributed by atoms with Crippen molar-refractivity contribution in [1.82, 2.24) is 15.5 Å². The molecule has 0 unspecified atom stereocenters. The zero-order valence-corrected chi connectivity index (χ0v) is 17.6. The maximum absolute atomic E-state index is 12.6. The van der Waals surface area contributed by atoms with Crippen molar-refractivity contribution < 1.29 is 18.0 Å². The second-order valence-electron chi connectivity index (χ2n) is 6.15. The third-order valence-corrected chi connectivity index (χ3v) is 4.11. The predicted octanol–water partition coefficient (Wildman–Crippen LogP) is 3.39. The van der Waals surface area contributed by atoms with Gasteiger partial charge >= 0.3 is 6.18 Å². The van der Waals surface area contributed by atoms with Gasteiger partial charge in [-0.3, -0.25) is 4.79 Å². The average Bonchev–Trinajstić information content (AvgIpc) is 3.01. The number of rotatable bonds is 7. The van der Waals surface area contributed by atoms with Gasteiger partial charge in [-0.05, 0) is 37.5 Å². The number of likely N-dealkylation sites (tertiary alicyclic amines) is 1. The fourth-order valence-electron chi connectivity index (χ4n) is 2.73. The summed E-state index contributed by atoms with van der Waals surface area (Å²) in [6.07, 6.45) is -1.93. The second kappa shape index (κ2) is 11.4. The van der Waals surface area contributed by atoms with E-state index in [4.69, 9.17) is 0 Å². The highest BCUT2D eigenvalue weighted by Gasteiger charge is 2.29. The molecule has 1 aliphatic rings. The quantitative estimate of drug-likeness (QED) is 0.263. The summed E-state index contributed by atoms with van der Waals surface area (Å²) in [6, 6.07) is 5.01. The first-order valence-electron chi connectivity index (χ1n) is 8.86. The topological polar surface area (TPSA) is 56.7 Å². The van der Waals surface area contributed by atoms with E-state index in [0.717, 1.165) is 38.1 Å². The van der Waals surface area contributed by atoms with Gasteiger partial charge in [0.2, 0.25) is 5.91 Å². The molecule has 1 heterocycles. The Morgan fingerprint density at radius 1 is 1.22 bits per heavy atom. The number of aliphatic imine (C=N–C) groups is 1. The molecular formula is C18H26F3IN4O. The van der Waals surface area contributed by atoms with Gasteiger partial charge < -0.3 is 15.5 Å². The SMILES string of the molecule is CCNC(=NCc1ccc(C(F)(F)F)cc1)NCCCN1CCCC1=O.I. The minimum atomic E-state index is -4.32. The van der Waals surface area contributed by atoms with Gasteiger partial charge in [0, 0.05) is 32.6 Å². The van der Waals surface area contributed by atoms with Crippen LogP contribution in [0.2, 0.25) is 0 Å². The first-order chi connectivity index (χ1) is 12.4. The molecule has 27 heavy (non-hydrogen) atoms. The van der Waals surface area contributed by atoms with Crippen LogP contribution in [0.15, 0.2) is 29.3 Å². The van der Waals surface area contributed by atoms with Crippen molar-refractivity contribution in [2.45, 2.75) is 38.9 Å². The maximum Gasteiger partial charge on any atom is 0.416 e. The third kappa shape index (κ3) is 7.94. The normalized spacial score (nSPS) is 14.9. The number of guanidine groups is 1. The molecule has 0 saturated carbocycles. The number of hydrogen-bond acceptors (Lipinski definition) is 2. The lowest BCUT2D eigenvalue weighted by Crippen LogP contribution is -2.39. The average molecular weight is 498 g/mol. The van der Waals surface area contributed by atoms with Gasteiger partial charge in [-0.15, -0.1) is 24.0 Å². The number of nitrogens with one attached hydrogen (secondary N) is 2. The standard InChI is InChI=1S/C18H25F3N4O.HI/c1-2-22-17(23-10-4-12-25-11-3-5-16(25)26)24-13-14-6-8-15(9-7-14)18(19,20)21;/h6-9H,2-5,10-13H2,1H3,(H2,22,23,24);1H. The minimum absolute atomic E-state index is 0. The number of halogens is 4. The monoisotopic (exact) mass is 498 g/mol. The lowest BCUT2D eigenvalue weighted by molar-refractivity contribution is -0.137. The van der Waals surface area contributed by atoms with E-state index in [1.807, 2.05) is 11.8 Å². The molecule has 0 bridgehead atoms. The van der Waals surface area contributed by atoms with E-state index in [1.165, 1.54) is 12.1 Å². The lowest BCUT2D eigenvalue weighted by Gasteiger charge is -2.16. The van der Waals surface area contributed by atoms with Crippen molar-refractivity contribution in [3.8, 4) is 0 Å². The van der Waals surface area contributed by atoms with E-state index >= 15 is 0 Å². The van der Waals surface area contributed by atoms with Crippen LogP contribution in [0.4, 0.5) is 13.2 Å². The van der Waals surface area contributed by atoms with Gasteiger partial charge in [0.1, 0.15) is 0 Å². The minimum Gasteiger partial charge on any atom is -0.357 e. The summed E-state index contributed by atoms with van der Waals surface area (Å²) in [4.78, 5) is 17.8. The molecule has 9 heteroatoms. The summed E-state index contributed by atoms with van der Waals surface area (Å²) in [5, 5.41) is 6.29. The number of alkyl halides is 3. The molecule has 0 spiro atoms. The number of amides is 1. The van der Waals surface area contributed by atoms with Crippen LogP contribution in [-0.4, -0.2) is 42.9 Å². The van der Waals surface area contributed by atoms with Crippen LogP contribution in [0.3, 0.4) is 0 Å². The molecule has 1 amide bonds. The highest BCUT2D eigenvalue weighted by molar-refractivity contribution is 14.0. The molecule has 0 aliphatic carbocycles. The number of carbonyl (C=O) groups is 1. The van der Waals surface area contributed by atoms with Crippen LogP contribution in [0.25, 0.3) is 0 Å². The summed E-state index contributed by atoms with van der Waals surface area (Å²) in [7, 11) is 0. The highest BCUT2D eigenvalue weighted by Crippen LogP contribution is 2.29. The Morgan fingerprint density at radius 2 is 1.93 bits per heavy atom. The first kappa shape index (κ1) is 23.5. The van der Waals surface area contributed by atoms with E-state index in [0.29, 0.717) is 31.0 Å². The van der Waals surface area contributed by atoms with Crippen LogP contribution < -0.4 is 10.6 Å². The molecule has 0 atom stereocenters. The fourth-order valence-corrected chi connectivity index (χ4v) is 2.73. The van der Waals surface area contributed by atoms with Gasteiger partial charge in [-0.1, -0.05) is 12.1 Å². The van der Waals surface area contributed by atoms with Crippen LogP contribution in [0.1, 0.15) is 37.3 Å². The van der Waals surface area contributed by atoms with Crippen molar-refractivity contribution >= 4 is 35.8 Å². The molecule has 1 fully saturated rings. The van der Waals surface area contributed by atoms with Gasteiger partial charge in [0.25, 0.3) is 0 Å². The largest absolute Gasteiger partial charge is 0.416 e. The Bertz CT molecular complexity index is 620. The second-order valence-corrected chi connectivity index (χ2v) is 6.15. The number of carbonyl (C=O) groups excluding carboxylic acids is 1. The van der Waals surface area contributed by atoms with Crippen molar-refractivity contribution in [1.29, 1.82) is 0 Å². The maximum atomic E-state index is 12.6. The van der Waals surface area contributed by atoms with Crippen LogP contribution >= 0.6 is 24.0 Å². The molecule has 1 aliphatic heterocycles. The van der Waals surface area contributed by atoms with Crippen LogP contribution in [0.5, 0.6) is 0 Å². The van der Waals surface area contributed by atoms with E-state index in [2.05, 4.69) is 15.6 Å². The van der Waals surface area contributed by atoms with E-state index in [9.17, 15) is 18.0 Å². The van der Waals surface area contributed by atoms with Crippen molar-refractivity contribution in [3.05, 3.63) is 35.4 Å². The molecular weight excluding hydrogens is 472 g/mol. The Hall–Kier alpha value is -1.52. The zero-order chi connectivity index (χ0) is 19.0. The Labute approximate surface area is 174 Å². The molecule has 1 aromatic rings. The van der Waals surface area contributed by atoms with Gasteiger partial charge in [-0.25, -0.2) is 4.99 Å². The van der Waals surface area contributed by atoms with Gasteiger partial charge in [0.05, 0.1) is 12.1 Å². The summed E-state index contributed by atoms with van der Waals surface area (Å²) in [5.41, 5.74) is 0.0459. The van der Waals surface area contributed by atoms with Gasteiger partial charge in [-0.2, -0.15) is 13.2 Å². The number of nitrogens with zero attached hydrogens (tertiary/aromatic N) is 2. The van der Waals surface area contributed by atoms with Gasteiger partial charge in [0.15, 0.2) is 5.96 Å². The van der Waals surface area contributed by atoms with E-state index in [-0.39, 0.29) is 36.4 Å². The third-order valence-electron chi connectivity index (χ3n) is 4.11. The number of benzene rings is 1. The first-order valence-corrected chi connectivity index (χ1v) is 8.86. The Kier molecular flexibility index (Phi) is 9.89. The molecule has 1 aromatic carbocycles. The predicted molar refractivity (Wildman–Crippen MR) is 110 cm³/mol. The van der Waals surface area contributed by atoms with E-state index in [1.54, 1.807) is 0 Å².